The molecule has 0 aromatic heterocycles. The summed E-state index contributed by atoms with van der Waals surface area (Å²) in [7, 11) is 3.37. The molecule has 0 spiro atoms. The van der Waals surface area contributed by atoms with Gasteiger partial charge in [-0.1, -0.05) is 0 Å². The average molecular weight is 253 g/mol. The highest BCUT2D eigenvalue weighted by Crippen LogP contribution is 2.30. The van der Waals surface area contributed by atoms with E-state index in [1.807, 2.05) is 30.0 Å². The van der Waals surface area contributed by atoms with Gasteiger partial charge in [0.05, 0.1) is 19.9 Å². The maximum Gasteiger partial charge on any atom is 0.142 e. The van der Waals surface area contributed by atoms with Crippen LogP contribution in [0.4, 0.5) is 5.69 Å². The maximum atomic E-state index is 5.34. The van der Waals surface area contributed by atoms with Crippen LogP contribution >= 0.6 is 11.8 Å². The molecule has 1 aliphatic heterocycles. The molecule has 0 amide bonds. The lowest BCUT2D eigenvalue weighted by Crippen LogP contribution is -2.14. The lowest BCUT2D eigenvalue weighted by Gasteiger charge is -2.15. The zero-order chi connectivity index (χ0) is 12.1. The first kappa shape index (κ1) is 12.4. The van der Waals surface area contributed by atoms with Crippen LogP contribution in [-0.2, 0) is 0 Å². The van der Waals surface area contributed by atoms with E-state index < -0.39 is 0 Å². The minimum Gasteiger partial charge on any atom is -0.497 e. The zero-order valence-corrected chi connectivity index (χ0v) is 11.2. The summed E-state index contributed by atoms with van der Waals surface area (Å²) in [6.45, 7) is 1.01. The fraction of sp³-hybridized carbons (Fsp3) is 0.538. The van der Waals surface area contributed by atoms with Gasteiger partial charge in [-0.25, -0.2) is 0 Å². The summed E-state index contributed by atoms with van der Waals surface area (Å²) < 4.78 is 10.6. The van der Waals surface area contributed by atoms with E-state index in [-0.39, 0.29) is 0 Å². The summed E-state index contributed by atoms with van der Waals surface area (Å²) >= 11 is 2.04. The van der Waals surface area contributed by atoms with Crippen LogP contribution in [0, 0.1) is 5.92 Å². The van der Waals surface area contributed by atoms with Gasteiger partial charge in [0.2, 0.25) is 0 Å². The average Bonchev–Trinajstić information content (AvgIpc) is 2.89. The number of hydrogen-bond donors (Lipinski definition) is 1. The number of hydrogen-bond acceptors (Lipinski definition) is 4. The van der Waals surface area contributed by atoms with Crippen LogP contribution in [0.3, 0.4) is 0 Å². The highest BCUT2D eigenvalue weighted by molar-refractivity contribution is 7.99. The monoisotopic (exact) mass is 253 g/mol. The third kappa shape index (κ3) is 3.22. The molecule has 1 aromatic rings. The molecule has 1 N–H and O–H groups in total. The summed E-state index contributed by atoms with van der Waals surface area (Å²) in [6, 6.07) is 5.83. The smallest absolute Gasteiger partial charge is 0.142 e. The Morgan fingerprint density at radius 2 is 2.24 bits per heavy atom. The quantitative estimate of drug-likeness (QED) is 0.874. The molecule has 1 heterocycles. The number of thioether (sulfide) groups is 1. The van der Waals surface area contributed by atoms with Crippen molar-refractivity contribution in [3.8, 4) is 11.5 Å². The Kier molecular flexibility index (Phi) is 4.42. The molecule has 1 atom stereocenters. The van der Waals surface area contributed by atoms with Crippen LogP contribution in [0.2, 0.25) is 0 Å². The van der Waals surface area contributed by atoms with Gasteiger partial charge in [-0.15, -0.1) is 0 Å². The van der Waals surface area contributed by atoms with Gasteiger partial charge in [0.15, 0.2) is 0 Å². The lowest BCUT2D eigenvalue weighted by atomic mass is 10.1. The molecule has 1 aromatic carbocycles. The number of anilines is 1. The summed E-state index contributed by atoms with van der Waals surface area (Å²) in [5.74, 6) is 5.06. The second kappa shape index (κ2) is 6.05. The molecule has 4 heteroatoms. The van der Waals surface area contributed by atoms with Crippen molar-refractivity contribution in [3.05, 3.63) is 18.2 Å². The van der Waals surface area contributed by atoms with Crippen molar-refractivity contribution in [1.29, 1.82) is 0 Å². The van der Waals surface area contributed by atoms with Gasteiger partial charge in [0.25, 0.3) is 0 Å². The minimum absolute atomic E-state index is 0.774. The van der Waals surface area contributed by atoms with Crippen LogP contribution in [0.25, 0.3) is 0 Å². The molecular weight excluding hydrogens is 234 g/mol. The van der Waals surface area contributed by atoms with E-state index in [4.69, 9.17) is 9.47 Å². The van der Waals surface area contributed by atoms with Crippen LogP contribution in [-0.4, -0.2) is 32.3 Å². The number of nitrogens with one attached hydrogen (secondary N) is 1. The van der Waals surface area contributed by atoms with Gasteiger partial charge >= 0.3 is 0 Å². The SMILES string of the molecule is COc1ccc(OC)c(NCC2CCSC2)c1. The molecule has 0 bridgehead atoms. The van der Waals surface area contributed by atoms with Crippen molar-refractivity contribution in [2.75, 3.05) is 37.6 Å². The molecule has 1 unspecified atom stereocenters. The Hall–Kier alpha value is -1.03. The number of benzene rings is 1. The fourth-order valence-corrected chi connectivity index (χ4v) is 3.24. The molecule has 3 nitrogen and oxygen atoms in total. The van der Waals surface area contributed by atoms with Crippen molar-refractivity contribution in [1.82, 2.24) is 0 Å². The van der Waals surface area contributed by atoms with Gasteiger partial charge in [-0.3, -0.25) is 0 Å². The molecule has 0 aliphatic carbocycles. The van der Waals surface area contributed by atoms with Crippen LogP contribution in [0.15, 0.2) is 18.2 Å². The summed E-state index contributed by atoms with van der Waals surface area (Å²) in [5, 5.41) is 3.46. The van der Waals surface area contributed by atoms with Crippen molar-refractivity contribution < 1.29 is 9.47 Å². The second-order valence-corrected chi connectivity index (χ2v) is 5.33. The van der Waals surface area contributed by atoms with Crippen molar-refractivity contribution in [2.24, 2.45) is 5.92 Å². The van der Waals surface area contributed by atoms with Gasteiger partial charge in [0, 0.05) is 12.6 Å². The van der Waals surface area contributed by atoms with Gasteiger partial charge in [-0.2, -0.15) is 11.8 Å². The molecular formula is C13H19NO2S. The molecule has 1 aliphatic rings. The van der Waals surface area contributed by atoms with E-state index in [9.17, 15) is 0 Å². The maximum absolute atomic E-state index is 5.34. The molecule has 94 valence electrons. The Balaban J connectivity index is 2.01. The van der Waals surface area contributed by atoms with E-state index in [0.29, 0.717) is 0 Å². The summed E-state index contributed by atoms with van der Waals surface area (Å²) in [6.07, 6.45) is 1.31. The molecule has 17 heavy (non-hydrogen) atoms. The predicted molar refractivity (Wildman–Crippen MR) is 73.5 cm³/mol. The number of ether oxygens (including phenoxy) is 2. The third-order valence-corrected chi connectivity index (χ3v) is 4.24. The molecule has 0 saturated carbocycles. The summed E-state index contributed by atoms with van der Waals surface area (Å²) in [5.41, 5.74) is 1.02. The van der Waals surface area contributed by atoms with Crippen LogP contribution < -0.4 is 14.8 Å². The Labute approximate surface area is 107 Å². The first-order chi connectivity index (χ1) is 8.33. The van der Waals surface area contributed by atoms with E-state index >= 15 is 0 Å². The van der Waals surface area contributed by atoms with E-state index in [0.717, 1.165) is 29.6 Å². The van der Waals surface area contributed by atoms with Crippen LogP contribution in [0.1, 0.15) is 6.42 Å². The fourth-order valence-electron chi connectivity index (χ4n) is 1.95. The second-order valence-electron chi connectivity index (χ2n) is 4.18. The molecule has 0 radical (unpaired) electrons. The van der Waals surface area contributed by atoms with Crippen molar-refractivity contribution in [3.63, 3.8) is 0 Å². The number of methoxy groups -OCH3 is 2. The highest BCUT2D eigenvalue weighted by atomic mass is 32.2. The Bertz CT molecular complexity index is 364. The lowest BCUT2D eigenvalue weighted by molar-refractivity contribution is 0.404. The molecule has 1 fully saturated rings. The van der Waals surface area contributed by atoms with Gasteiger partial charge in [0.1, 0.15) is 11.5 Å². The van der Waals surface area contributed by atoms with E-state index in [1.165, 1.54) is 17.9 Å². The Morgan fingerprint density at radius 3 is 2.88 bits per heavy atom. The third-order valence-electron chi connectivity index (χ3n) is 3.01. The summed E-state index contributed by atoms with van der Waals surface area (Å²) in [4.78, 5) is 0. The zero-order valence-electron chi connectivity index (χ0n) is 10.4. The predicted octanol–water partition coefficient (Wildman–Crippen LogP) is 2.87. The first-order valence-electron chi connectivity index (χ1n) is 5.87. The normalized spacial score (nSPS) is 19.1. The van der Waals surface area contributed by atoms with Crippen LogP contribution in [0.5, 0.6) is 11.5 Å². The standard InChI is InChI=1S/C13H19NO2S/c1-15-11-3-4-13(16-2)12(7-11)14-8-10-5-6-17-9-10/h3-4,7,10,14H,5-6,8-9H2,1-2H3. The Morgan fingerprint density at radius 1 is 1.35 bits per heavy atom. The van der Waals surface area contributed by atoms with Crippen molar-refractivity contribution >= 4 is 17.4 Å². The highest BCUT2D eigenvalue weighted by Gasteiger charge is 2.15. The van der Waals surface area contributed by atoms with Gasteiger partial charge in [-0.05, 0) is 36.0 Å². The number of rotatable bonds is 5. The van der Waals surface area contributed by atoms with Crippen molar-refractivity contribution in [2.45, 2.75) is 6.42 Å². The largest absolute Gasteiger partial charge is 0.497 e. The minimum atomic E-state index is 0.774. The molecule has 2 rings (SSSR count). The van der Waals surface area contributed by atoms with E-state index in [1.54, 1.807) is 14.2 Å². The molecule has 1 saturated heterocycles. The van der Waals surface area contributed by atoms with Gasteiger partial charge < -0.3 is 14.8 Å². The first-order valence-corrected chi connectivity index (χ1v) is 7.02. The van der Waals surface area contributed by atoms with E-state index in [2.05, 4.69) is 5.32 Å². The topological polar surface area (TPSA) is 30.5 Å².